The Hall–Kier alpha value is -1.43. The van der Waals surface area contributed by atoms with Crippen molar-refractivity contribution in [2.45, 2.75) is 18.6 Å². The first-order chi connectivity index (χ1) is 11.2. The summed E-state index contributed by atoms with van der Waals surface area (Å²) in [6, 6.07) is 8.82. The molecule has 0 heterocycles. The van der Waals surface area contributed by atoms with Gasteiger partial charge in [-0.2, -0.15) is 13.2 Å². The van der Waals surface area contributed by atoms with Gasteiger partial charge in [-0.05, 0) is 28.8 Å². The Kier molecular flexibility index (Phi) is 6.02. The van der Waals surface area contributed by atoms with E-state index >= 15 is 0 Å². The summed E-state index contributed by atoms with van der Waals surface area (Å²) in [5, 5.41) is 0.281. The number of benzene rings is 2. The Morgan fingerprint density at radius 3 is 2.33 bits per heavy atom. The van der Waals surface area contributed by atoms with Crippen molar-refractivity contribution >= 4 is 42.6 Å². The van der Waals surface area contributed by atoms with Crippen LogP contribution in [0.15, 0.2) is 42.5 Å². The van der Waals surface area contributed by atoms with Gasteiger partial charge in [0.15, 0.2) is 0 Å². The molecule has 24 heavy (non-hydrogen) atoms. The van der Waals surface area contributed by atoms with Gasteiger partial charge in [0.25, 0.3) is 0 Å². The van der Waals surface area contributed by atoms with Crippen LogP contribution in [0.25, 0.3) is 6.08 Å². The van der Waals surface area contributed by atoms with Crippen molar-refractivity contribution < 1.29 is 13.2 Å². The lowest BCUT2D eigenvalue weighted by Crippen LogP contribution is -2.19. The summed E-state index contributed by atoms with van der Waals surface area (Å²) in [6.07, 6.45) is -2.02. The average Bonchev–Trinajstić information content (AvgIpc) is 2.50. The van der Waals surface area contributed by atoms with E-state index in [-0.39, 0.29) is 22.2 Å². The first-order valence-corrected chi connectivity index (χ1v) is 7.76. The molecule has 2 radical (unpaired) electrons. The van der Waals surface area contributed by atoms with Crippen molar-refractivity contribution in [3.8, 4) is 0 Å². The van der Waals surface area contributed by atoms with E-state index in [9.17, 15) is 13.2 Å². The molecule has 1 atom stereocenters. The van der Waals surface area contributed by atoms with E-state index in [1.54, 1.807) is 18.2 Å². The molecule has 0 saturated carbocycles. The summed E-state index contributed by atoms with van der Waals surface area (Å²) in [5.41, 5.74) is 7.26. The smallest absolute Gasteiger partial charge is 0.327 e. The van der Waals surface area contributed by atoms with Gasteiger partial charge in [-0.15, -0.1) is 0 Å². The van der Waals surface area contributed by atoms with E-state index in [4.69, 9.17) is 36.8 Å². The van der Waals surface area contributed by atoms with E-state index in [0.29, 0.717) is 11.0 Å². The van der Waals surface area contributed by atoms with Crippen LogP contribution in [-0.4, -0.2) is 14.0 Å². The minimum atomic E-state index is -4.46. The molecular weight excluding hydrogens is 357 g/mol. The van der Waals surface area contributed by atoms with Crippen LogP contribution in [0.1, 0.15) is 22.6 Å². The summed E-state index contributed by atoms with van der Waals surface area (Å²) < 4.78 is 40.1. The average molecular weight is 370 g/mol. The SMILES string of the molecule is [B]c1cc(/C=C/C(c2ccc(Cl)c(Cl)c2)C(F)(F)F)ccc1CN. The molecule has 0 aromatic heterocycles. The maximum absolute atomic E-state index is 13.4. The molecule has 1 nitrogen and oxygen atoms in total. The van der Waals surface area contributed by atoms with Crippen molar-refractivity contribution in [1.29, 1.82) is 0 Å². The van der Waals surface area contributed by atoms with Gasteiger partial charge in [-0.1, -0.05) is 65.1 Å². The second kappa shape index (κ2) is 7.64. The summed E-state index contributed by atoms with van der Waals surface area (Å²) >= 11 is 11.6. The van der Waals surface area contributed by atoms with Crippen LogP contribution in [0.3, 0.4) is 0 Å². The molecule has 0 aliphatic carbocycles. The molecule has 7 heteroatoms. The van der Waals surface area contributed by atoms with Gasteiger partial charge in [0.2, 0.25) is 0 Å². The van der Waals surface area contributed by atoms with E-state index in [1.165, 1.54) is 24.3 Å². The molecular formula is C17H13BCl2F3N. The number of alkyl halides is 3. The zero-order chi connectivity index (χ0) is 17.9. The molecule has 0 saturated heterocycles. The zero-order valence-electron chi connectivity index (χ0n) is 12.4. The van der Waals surface area contributed by atoms with Gasteiger partial charge in [0.05, 0.1) is 16.0 Å². The number of allylic oxidation sites excluding steroid dienone is 1. The highest BCUT2D eigenvalue weighted by Crippen LogP contribution is 2.38. The highest BCUT2D eigenvalue weighted by Gasteiger charge is 2.39. The zero-order valence-corrected chi connectivity index (χ0v) is 14.0. The standard InChI is InChI=1S/C17H13BCl2F3N/c18-14-7-10(1-3-12(14)9-24)2-5-13(17(21,22)23)11-4-6-15(19)16(20)8-11/h1-8,13H,9,24H2/b5-2+. The third-order valence-electron chi connectivity index (χ3n) is 3.53. The molecule has 2 aromatic rings. The molecule has 0 spiro atoms. The number of hydrogen-bond acceptors (Lipinski definition) is 1. The Bertz CT molecular complexity index is 760. The first kappa shape index (κ1) is 18.9. The molecule has 2 aromatic carbocycles. The topological polar surface area (TPSA) is 26.0 Å². The molecule has 1 unspecified atom stereocenters. The fourth-order valence-electron chi connectivity index (χ4n) is 2.23. The summed E-state index contributed by atoms with van der Waals surface area (Å²) in [6.45, 7) is 0.268. The Balaban J connectivity index is 2.36. The van der Waals surface area contributed by atoms with E-state index in [2.05, 4.69) is 0 Å². The lowest BCUT2D eigenvalue weighted by Gasteiger charge is -2.18. The van der Waals surface area contributed by atoms with Crippen molar-refractivity contribution in [2.75, 3.05) is 0 Å². The minimum Gasteiger partial charge on any atom is -0.327 e. The summed E-state index contributed by atoms with van der Waals surface area (Å²) in [4.78, 5) is 0. The lowest BCUT2D eigenvalue weighted by atomic mass is 9.88. The van der Waals surface area contributed by atoms with Crippen LogP contribution >= 0.6 is 23.2 Å². The Morgan fingerprint density at radius 1 is 1.08 bits per heavy atom. The van der Waals surface area contributed by atoms with Crippen LogP contribution in [-0.2, 0) is 6.54 Å². The largest absolute Gasteiger partial charge is 0.399 e. The van der Waals surface area contributed by atoms with Crippen LogP contribution in [0, 0.1) is 0 Å². The van der Waals surface area contributed by atoms with Crippen LogP contribution in [0.2, 0.25) is 10.0 Å². The van der Waals surface area contributed by atoms with Crippen LogP contribution in [0.5, 0.6) is 0 Å². The number of rotatable bonds is 4. The van der Waals surface area contributed by atoms with Crippen molar-refractivity contribution in [1.82, 2.24) is 0 Å². The normalized spacial score (nSPS) is 13.4. The monoisotopic (exact) mass is 369 g/mol. The van der Waals surface area contributed by atoms with Gasteiger partial charge in [-0.25, -0.2) is 0 Å². The Labute approximate surface area is 149 Å². The van der Waals surface area contributed by atoms with Gasteiger partial charge < -0.3 is 5.73 Å². The van der Waals surface area contributed by atoms with Crippen molar-refractivity contribution in [3.63, 3.8) is 0 Å². The van der Waals surface area contributed by atoms with Crippen LogP contribution < -0.4 is 11.2 Å². The predicted molar refractivity (Wildman–Crippen MR) is 94.0 cm³/mol. The highest BCUT2D eigenvalue weighted by atomic mass is 35.5. The number of nitrogens with two attached hydrogens (primary N) is 1. The summed E-state index contributed by atoms with van der Waals surface area (Å²) in [7, 11) is 5.80. The molecule has 2 N–H and O–H groups in total. The minimum absolute atomic E-state index is 0.0136. The molecule has 0 amide bonds. The van der Waals surface area contributed by atoms with E-state index < -0.39 is 12.1 Å². The van der Waals surface area contributed by atoms with E-state index in [0.717, 1.165) is 11.6 Å². The molecule has 2 rings (SSSR count). The highest BCUT2D eigenvalue weighted by molar-refractivity contribution is 6.42. The number of halogens is 5. The first-order valence-electron chi connectivity index (χ1n) is 7.00. The number of hydrogen-bond donors (Lipinski definition) is 1. The van der Waals surface area contributed by atoms with Crippen LogP contribution in [0.4, 0.5) is 13.2 Å². The van der Waals surface area contributed by atoms with Gasteiger partial charge in [0.1, 0.15) is 7.85 Å². The second-order valence-corrected chi connectivity index (χ2v) is 6.03. The quantitative estimate of drug-likeness (QED) is 0.782. The third-order valence-corrected chi connectivity index (χ3v) is 4.27. The second-order valence-electron chi connectivity index (χ2n) is 5.21. The maximum atomic E-state index is 13.4. The van der Waals surface area contributed by atoms with Crippen molar-refractivity contribution in [2.24, 2.45) is 5.73 Å². The van der Waals surface area contributed by atoms with Crippen molar-refractivity contribution in [3.05, 3.63) is 69.2 Å². The third kappa shape index (κ3) is 4.56. The molecule has 0 aliphatic rings. The molecule has 0 aliphatic heterocycles. The fourth-order valence-corrected chi connectivity index (χ4v) is 2.53. The Morgan fingerprint density at radius 2 is 1.79 bits per heavy atom. The van der Waals surface area contributed by atoms with Gasteiger partial charge >= 0.3 is 6.18 Å². The molecule has 124 valence electrons. The van der Waals surface area contributed by atoms with Gasteiger partial charge in [0, 0.05) is 6.54 Å². The fraction of sp³-hybridized carbons (Fsp3) is 0.176. The predicted octanol–water partition coefficient (Wildman–Crippen LogP) is 4.61. The van der Waals surface area contributed by atoms with Gasteiger partial charge in [-0.3, -0.25) is 0 Å². The molecule has 0 fully saturated rings. The lowest BCUT2D eigenvalue weighted by molar-refractivity contribution is -0.139. The maximum Gasteiger partial charge on any atom is 0.399 e. The summed E-state index contributed by atoms with van der Waals surface area (Å²) in [5.74, 6) is -1.80. The molecule has 0 bridgehead atoms. The van der Waals surface area contributed by atoms with E-state index in [1.807, 2.05) is 0 Å².